The molecule has 0 bridgehead atoms. The van der Waals surface area contributed by atoms with Crippen molar-refractivity contribution in [1.82, 2.24) is 0 Å². The molecule has 0 spiro atoms. The van der Waals surface area contributed by atoms with Crippen LogP contribution in [0.1, 0.15) is 33.6 Å². The molecule has 1 aliphatic rings. The summed E-state index contributed by atoms with van der Waals surface area (Å²) in [5, 5.41) is 5.39. The fraction of sp³-hybridized carbons (Fsp3) is 0.333. The zero-order valence-corrected chi connectivity index (χ0v) is 25.0. The monoisotopic (exact) mass is 562 g/mol. The van der Waals surface area contributed by atoms with Crippen LogP contribution in [0.2, 0.25) is 19.6 Å². The van der Waals surface area contributed by atoms with Gasteiger partial charge >= 0.3 is 41.3 Å². The summed E-state index contributed by atoms with van der Waals surface area (Å²) in [7, 11) is -1.36. The summed E-state index contributed by atoms with van der Waals surface area (Å²) < 4.78 is 7.45. The summed E-state index contributed by atoms with van der Waals surface area (Å²) in [4.78, 5) is 0. The van der Waals surface area contributed by atoms with Gasteiger partial charge in [0.05, 0.1) is 0 Å². The quantitative estimate of drug-likeness (QED) is 0.347. The van der Waals surface area contributed by atoms with Gasteiger partial charge in [-0.05, 0) is 33.0 Å². The van der Waals surface area contributed by atoms with Crippen molar-refractivity contribution in [2.45, 2.75) is 59.4 Å². The zero-order valence-electron chi connectivity index (χ0n) is 20.0. The Kier molecular flexibility index (Phi) is 14.9. The molecule has 0 amide bonds. The normalized spacial score (nSPS) is 13.1. The first-order valence-corrected chi connectivity index (χ1v) is 15.3. The van der Waals surface area contributed by atoms with E-state index in [1.807, 2.05) is 0 Å². The van der Waals surface area contributed by atoms with Gasteiger partial charge in [-0.15, -0.1) is 46.2 Å². The molecule has 32 heavy (non-hydrogen) atoms. The standard InChI is InChI=1S/C13H9.C11H19OSi.C3H6.2ClH.Zr/c1-3-7-12-10(5-1)9-11-6-2-4-8-13(11)12;1-10(12-13(2,3)4)9-11-7-5-6-8-11;1-3-2;;;/h1-9H;5,7,10H,6,9H2,1-4H3;1-2H3;2*1H;/q2*-1;;;;+2/p-2. The fourth-order valence-corrected chi connectivity index (χ4v) is 4.74. The maximum atomic E-state index is 5.94. The first-order valence-electron chi connectivity index (χ1n) is 10.6. The third-order valence-corrected chi connectivity index (χ3v) is 5.46. The predicted octanol–water partition coefficient (Wildman–Crippen LogP) is 1.77. The Balaban J connectivity index is 0.000000490. The summed E-state index contributed by atoms with van der Waals surface area (Å²) in [5.74, 6) is 0. The van der Waals surface area contributed by atoms with Crippen LogP contribution in [0.3, 0.4) is 0 Å². The van der Waals surface area contributed by atoms with Crippen LogP contribution in [0.15, 0.2) is 72.3 Å². The van der Waals surface area contributed by atoms with E-state index in [0.717, 1.165) is 12.8 Å². The average Bonchev–Trinajstić information content (AvgIpc) is 3.27. The summed E-state index contributed by atoms with van der Waals surface area (Å²) in [5.41, 5.74) is 1.31. The number of hydrogen-bond acceptors (Lipinski definition) is 1. The number of halogens is 2. The number of benzene rings is 2. The Morgan fingerprint density at radius 3 is 1.88 bits per heavy atom. The Bertz CT molecular complexity index is 976. The van der Waals surface area contributed by atoms with Crippen LogP contribution in [-0.2, 0) is 28.7 Å². The molecule has 0 saturated carbocycles. The van der Waals surface area contributed by atoms with Crippen molar-refractivity contribution in [3.8, 4) is 0 Å². The molecule has 0 radical (unpaired) electrons. The minimum Gasteiger partial charge on any atom is -1.00 e. The van der Waals surface area contributed by atoms with Crippen LogP contribution in [0, 0.1) is 6.08 Å². The molecular formula is C27H34Cl2OSiZr-2. The molecule has 4 rings (SSSR count). The summed E-state index contributed by atoms with van der Waals surface area (Å²) >= 11 is 1.55. The van der Waals surface area contributed by atoms with E-state index in [9.17, 15) is 0 Å². The maximum absolute atomic E-state index is 5.94. The molecule has 0 N–H and O–H groups in total. The number of rotatable bonds is 4. The summed E-state index contributed by atoms with van der Waals surface area (Å²) in [6.45, 7) is 13.1. The van der Waals surface area contributed by atoms with Crippen LogP contribution < -0.4 is 24.8 Å². The van der Waals surface area contributed by atoms with Gasteiger partial charge in [-0.3, -0.25) is 6.08 Å². The van der Waals surface area contributed by atoms with Gasteiger partial charge in [0.25, 0.3) is 0 Å². The topological polar surface area (TPSA) is 9.23 Å². The molecule has 1 unspecified atom stereocenters. The van der Waals surface area contributed by atoms with Crippen LogP contribution in [0.4, 0.5) is 0 Å². The molecule has 172 valence electrons. The predicted molar refractivity (Wildman–Crippen MR) is 132 cm³/mol. The van der Waals surface area contributed by atoms with Crippen molar-refractivity contribution in [2.75, 3.05) is 0 Å². The van der Waals surface area contributed by atoms with Gasteiger partial charge in [-0.1, -0.05) is 36.4 Å². The van der Waals surface area contributed by atoms with Crippen LogP contribution in [-0.4, -0.2) is 17.6 Å². The molecule has 1 aliphatic carbocycles. The van der Waals surface area contributed by atoms with E-state index in [2.05, 4.69) is 113 Å². The zero-order chi connectivity index (χ0) is 22.1. The largest absolute Gasteiger partial charge is 1.00 e. The molecule has 3 aromatic rings. The van der Waals surface area contributed by atoms with Crippen molar-refractivity contribution in [1.29, 1.82) is 0 Å². The molecule has 0 heterocycles. The van der Waals surface area contributed by atoms with Gasteiger partial charge in [-0.25, -0.2) is 11.6 Å². The van der Waals surface area contributed by atoms with Gasteiger partial charge < -0.3 is 29.2 Å². The molecule has 0 saturated heterocycles. The van der Waals surface area contributed by atoms with Crippen molar-refractivity contribution in [3.05, 3.63) is 78.4 Å². The van der Waals surface area contributed by atoms with Crippen LogP contribution in [0.5, 0.6) is 0 Å². The molecule has 3 aromatic carbocycles. The Morgan fingerprint density at radius 2 is 1.47 bits per heavy atom. The van der Waals surface area contributed by atoms with Crippen molar-refractivity contribution < 1.29 is 53.5 Å². The maximum Gasteiger partial charge on any atom is -0.0771 e. The van der Waals surface area contributed by atoms with Gasteiger partial charge in [0.2, 0.25) is 0 Å². The number of hydrogen-bond donors (Lipinski definition) is 0. The van der Waals surface area contributed by atoms with E-state index in [0.29, 0.717) is 6.10 Å². The molecule has 1 nitrogen and oxygen atoms in total. The molecular weight excluding hydrogens is 531 g/mol. The van der Waals surface area contributed by atoms with E-state index in [1.54, 1.807) is 24.2 Å². The van der Waals surface area contributed by atoms with E-state index in [4.69, 9.17) is 4.43 Å². The van der Waals surface area contributed by atoms with Crippen molar-refractivity contribution >= 4 is 33.1 Å². The molecule has 0 fully saturated rings. The molecule has 1 atom stereocenters. The van der Waals surface area contributed by atoms with Gasteiger partial charge in [0.1, 0.15) is 0 Å². The van der Waals surface area contributed by atoms with Crippen LogP contribution >= 0.6 is 0 Å². The average molecular weight is 565 g/mol. The van der Waals surface area contributed by atoms with Crippen LogP contribution in [0.25, 0.3) is 21.5 Å². The third-order valence-electron chi connectivity index (χ3n) is 4.35. The third kappa shape index (κ3) is 11.4. The Hall–Kier alpha value is -0.700. The second-order valence-corrected chi connectivity index (χ2v) is 15.8. The van der Waals surface area contributed by atoms with Gasteiger partial charge in [-0.2, -0.15) is 6.08 Å². The molecule has 5 heteroatoms. The van der Waals surface area contributed by atoms with E-state index in [1.165, 1.54) is 30.3 Å². The number of allylic oxidation sites excluding steroid dienone is 3. The fourth-order valence-electron chi connectivity index (χ4n) is 3.45. The minimum atomic E-state index is -1.36. The van der Waals surface area contributed by atoms with Crippen molar-refractivity contribution in [2.24, 2.45) is 0 Å². The Morgan fingerprint density at radius 1 is 1.00 bits per heavy atom. The van der Waals surface area contributed by atoms with Crippen molar-refractivity contribution in [3.63, 3.8) is 0 Å². The van der Waals surface area contributed by atoms with E-state index in [-0.39, 0.29) is 24.8 Å². The van der Waals surface area contributed by atoms with E-state index >= 15 is 0 Å². The second kappa shape index (κ2) is 15.3. The molecule has 0 aliphatic heterocycles. The second-order valence-electron chi connectivity index (χ2n) is 8.87. The van der Waals surface area contributed by atoms with Gasteiger partial charge in [0, 0.05) is 6.10 Å². The SMILES string of the molecule is CC(CC1=[C-]CC=C1)O[Si](C)(C)C.C[C](C)=[Zr+2].[Cl-].[Cl-].c1ccc2c(c1)[cH-]c1ccccc12. The Labute approximate surface area is 223 Å². The first-order chi connectivity index (χ1) is 14.2. The van der Waals surface area contributed by atoms with E-state index < -0.39 is 8.32 Å². The summed E-state index contributed by atoms with van der Waals surface area (Å²) in [6.07, 6.45) is 9.96. The smallest absolute Gasteiger partial charge is 0.0771 e. The first kappa shape index (κ1) is 31.3. The molecule has 0 aromatic heterocycles. The number of fused-ring (bicyclic) bond motifs is 3. The minimum absolute atomic E-state index is 0. The summed E-state index contributed by atoms with van der Waals surface area (Å²) in [6, 6.07) is 19.3. The van der Waals surface area contributed by atoms with Gasteiger partial charge in [0.15, 0.2) is 8.32 Å².